The molecule has 8 heteroatoms. The summed E-state index contributed by atoms with van der Waals surface area (Å²) >= 11 is 0. The highest BCUT2D eigenvalue weighted by Gasteiger charge is 2.11. The van der Waals surface area contributed by atoms with E-state index in [-0.39, 0.29) is 0 Å². The van der Waals surface area contributed by atoms with Crippen LogP contribution in [0.5, 0.6) is 5.75 Å². The van der Waals surface area contributed by atoms with Crippen molar-refractivity contribution < 1.29 is 9.26 Å². The van der Waals surface area contributed by atoms with Gasteiger partial charge in [-0.05, 0) is 12.1 Å². The first-order valence-electron chi connectivity index (χ1n) is 7.92. The number of rotatable bonds is 5. The Morgan fingerprint density at radius 2 is 1.96 bits per heavy atom. The zero-order chi connectivity index (χ0) is 17.9. The van der Waals surface area contributed by atoms with Gasteiger partial charge in [-0.3, -0.25) is 4.68 Å². The molecule has 0 aliphatic carbocycles. The number of hydrogen-bond acceptors (Lipinski definition) is 7. The van der Waals surface area contributed by atoms with Crippen molar-refractivity contribution in [2.45, 2.75) is 0 Å². The van der Waals surface area contributed by atoms with Crippen LogP contribution in [0.25, 0.3) is 22.5 Å². The van der Waals surface area contributed by atoms with Crippen molar-refractivity contribution in [3.63, 3.8) is 0 Å². The second kappa shape index (κ2) is 6.67. The molecule has 0 saturated carbocycles. The van der Waals surface area contributed by atoms with Crippen LogP contribution in [0.4, 0.5) is 11.8 Å². The molecular weight excluding hydrogens is 332 g/mol. The highest BCUT2D eigenvalue weighted by atomic mass is 16.5. The van der Waals surface area contributed by atoms with Gasteiger partial charge >= 0.3 is 0 Å². The maximum Gasteiger partial charge on any atom is 0.229 e. The zero-order valence-corrected chi connectivity index (χ0v) is 14.2. The minimum absolute atomic E-state index is 0.436. The molecule has 0 radical (unpaired) electrons. The van der Waals surface area contributed by atoms with Crippen LogP contribution >= 0.6 is 0 Å². The van der Waals surface area contributed by atoms with Gasteiger partial charge in [0.1, 0.15) is 12.0 Å². The van der Waals surface area contributed by atoms with Crippen LogP contribution in [0.15, 0.2) is 59.6 Å². The van der Waals surface area contributed by atoms with Gasteiger partial charge in [0.2, 0.25) is 5.95 Å². The van der Waals surface area contributed by atoms with Crippen molar-refractivity contribution in [3.8, 4) is 28.3 Å². The Hall–Kier alpha value is -3.68. The Bertz CT molecular complexity index is 1030. The molecule has 26 heavy (non-hydrogen) atoms. The molecule has 3 aromatic heterocycles. The van der Waals surface area contributed by atoms with Crippen LogP contribution in [0.1, 0.15) is 0 Å². The number of methoxy groups -OCH3 is 1. The summed E-state index contributed by atoms with van der Waals surface area (Å²) in [6.07, 6.45) is 5.02. The Labute approximate surface area is 149 Å². The van der Waals surface area contributed by atoms with Crippen LogP contribution in [-0.4, -0.2) is 32.0 Å². The number of anilines is 2. The molecule has 0 unspecified atom stereocenters. The smallest absolute Gasteiger partial charge is 0.229 e. The third kappa shape index (κ3) is 3.12. The largest absolute Gasteiger partial charge is 0.491 e. The highest BCUT2D eigenvalue weighted by Crippen LogP contribution is 2.27. The first-order valence-corrected chi connectivity index (χ1v) is 7.92. The quantitative estimate of drug-likeness (QED) is 0.592. The minimum atomic E-state index is 0.436. The summed E-state index contributed by atoms with van der Waals surface area (Å²) in [5.41, 5.74) is 3.46. The molecule has 0 aliphatic rings. The fraction of sp³-hybridized carbons (Fsp3) is 0.111. The topological polar surface area (TPSA) is 90.9 Å². The van der Waals surface area contributed by atoms with E-state index in [9.17, 15) is 0 Å². The molecule has 1 aromatic carbocycles. The van der Waals surface area contributed by atoms with Gasteiger partial charge in [0.25, 0.3) is 0 Å². The zero-order valence-electron chi connectivity index (χ0n) is 14.2. The molecule has 4 aromatic rings. The van der Waals surface area contributed by atoms with Crippen LogP contribution in [0.3, 0.4) is 0 Å². The standard InChI is InChI=1S/C18H16N6O2/c1-24-11-16(25-2)17(22-24)21-18-19-8-6-14(20-18)12-4-3-5-13(10-12)15-7-9-26-23-15/h3-11H,1-2H3,(H,19,20,21,22). The molecule has 0 fully saturated rings. The lowest BCUT2D eigenvalue weighted by atomic mass is 10.1. The van der Waals surface area contributed by atoms with Gasteiger partial charge in [-0.25, -0.2) is 9.97 Å². The van der Waals surface area contributed by atoms with Gasteiger partial charge in [0, 0.05) is 30.4 Å². The monoisotopic (exact) mass is 348 g/mol. The number of aryl methyl sites for hydroxylation is 1. The lowest BCUT2D eigenvalue weighted by Gasteiger charge is -2.07. The van der Waals surface area contributed by atoms with Crippen LogP contribution in [0.2, 0.25) is 0 Å². The van der Waals surface area contributed by atoms with Crippen molar-refractivity contribution >= 4 is 11.8 Å². The first-order chi connectivity index (χ1) is 12.7. The molecule has 0 bridgehead atoms. The highest BCUT2D eigenvalue weighted by molar-refractivity contribution is 5.70. The lowest BCUT2D eigenvalue weighted by molar-refractivity contribution is 0.416. The van der Waals surface area contributed by atoms with Crippen molar-refractivity contribution in [2.75, 3.05) is 12.4 Å². The number of hydrogen-bond donors (Lipinski definition) is 1. The van der Waals surface area contributed by atoms with Crippen molar-refractivity contribution in [1.82, 2.24) is 24.9 Å². The van der Waals surface area contributed by atoms with Gasteiger partial charge < -0.3 is 14.6 Å². The van der Waals surface area contributed by atoms with Crippen molar-refractivity contribution in [2.24, 2.45) is 7.05 Å². The molecule has 0 saturated heterocycles. The number of aromatic nitrogens is 5. The minimum Gasteiger partial charge on any atom is -0.491 e. The van der Waals surface area contributed by atoms with E-state index >= 15 is 0 Å². The van der Waals surface area contributed by atoms with E-state index in [0.717, 1.165) is 22.5 Å². The molecule has 0 atom stereocenters. The van der Waals surface area contributed by atoms with Crippen LogP contribution in [-0.2, 0) is 7.05 Å². The molecule has 0 aliphatic heterocycles. The van der Waals surface area contributed by atoms with Gasteiger partial charge in [-0.1, -0.05) is 23.4 Å². The average Bonchev–Trinajstić information content (AvgIpc) is 3.32. The summed E-state index contributed by atoms with van der Waals surface area (Å²) in [5.74, 6) is 1.62. The number of nitrogens with one attached hydrogen (secondary N) is 1. The third-order valence-corrected chi connectivity index (χ3v) is 3.79. The predicted molar refractivity (Wildman–Crippen MR) is 96.0 cm³/mol. The maximum absolute atomic E-state index is 5.29. The molecule has 8 nitrogen and oxygen atoms in total. The van der Waals surface area contributed by atoms with Gasteiger partial charge in [0.15, 0.2) is 11.6 Å². The first kappa shape index (κ1) is 15.8. The molecule has 4 rings (SSSR count). The van der Waals surface area contributed by atoms with E-state index < -0.39 is 0 Å². The van der Waals surface area contributed by atoms with E-state index in [2.05, 4.69) is 25.5 Å². The molecule has 3 heterocycles. The Kier molecular flexibility index (Phi) is 4.06. The Balaban J connectivity index is 1.65. The summed E-state index contributed by atoms with van der Waals surface area (Å²) in [6, 6.07) is 11.6. The molecule has 130 valence electrons. The normalized spacial score (nSPS) is 10.7. The predicted octanol–water partition coefficient (Wildman–Crippen LogP) is 3.28. The van der Waals surface area contributed by atoms with E-state index in [1.54, 1.807) is 30.4 Å². The lowest BCUT2D eigenvalue weighted by Crippen LogP contribution is -2.00. The number of benzene rings is 1. The molecule has 1 N–H and O–H groups in total. The maximum atomic E-state index is 5.29. The van der Waals surface area contributed by atoms with Gasteiger partial charge in [-0.15, -0.1) is 0 Å². The van der Waals surface area contributed by atoms with E-state index in [4.69, 9.17) is 9.26 Å². The van der Waals surface area contributed by atoms with E-state index in [1.165, 1.54) is 0 Å². The van der Waals surface area contributed by atoms with Gasteiger partial charge in [0.05, 0.1) is 19.0 Å². The fourth-order valence-corrected chi connectivity index (χ4v) is 2.59. The summed E-state index contributed by atoms with van der Waals surface area (Å²) in [6.45, 7) is 0. The summed E-state index contributed by atoms with van der Waals surface area (Å²) in [5, 5.41) is 11.4. The van der Waals surface area contributed by atoms with E-state index in [0.29, 0.717) is 17.5 Å². The van der Waals surface area contributed by atoms with E-state index in [1.807, 2.05) is 43.4 Å². The molecule has 0 spiro atoms. The summed E-state index contributed by atoms with van der Waals surface area (Å²) in [7, 11) is 3.41. The SMILES string of the molecule is COc1cn(C)nc1Nc1nccc(-c2cccc(-c3ccon3)c2)n1. The molecule has 0 amide bonds. The average molecular weight is 348 g/mol. The third-order valence-electron chi connectivity index (χ3n) is 3.79. The Morgan fingerprint density at radius 3 is 2.73 bits per heavy atom. The summed E-state index contributed by atoms with van der Waals surface area (Å²) < 4.78 is 11.9. The summed E-state index contributed by atoms with van der Waals surface area (Å²) in [4.78, 5) is 8.84. The molecular formula is C18H16N6O2. The van der Waals surface area contributed by atoms with Crippen LogP contribution in [0, 0.1) is 0 Å². The number of nitrogens with zero attached hydrogens (tertiary/aromatic N) is 5. The number of ether oxygens (including phenoxy) is 1. The Morgan fingerprint density at radius 1 is 1.12 bits per heavy atom. The second-order valence-corrected chi connectivity index (χ2v) is 5.58. The van der Waals surface area contributed by atoms with Crippen LogP contribution < -0.4 is 10.1 Å². The fourth-order valence-electron chi connectivity index (χ4n) is 2.59. The second-order valence-electron chi connectivity index (χ2n) is 5.58. The van der Waals surface area contributed by atoms with Gasteiger partial charge in [-0.2, -0.15) is 5.10 Å². The van der Waals surface area contributed by atoms with Crippen molar-refractivity contribution in [3.05, 3.63) is 55.1 Å². The van der Waals surface area contributed by atoms with Crippen molar-refractivity contribution in [1.29, 1.82) is 0 Å².